The molecule has 2 N–H and O–H groups in total. The molecule has 2 unspecified atom stereocenters. The van der Waals surface area contributed by atoms with Gasteiger partial charge in [-0.3, -0.25) is 4.79 Å². The highest BCUT2D eigenvalue weighted by Gasteiger charge is 2.24. The molecule has 0 saturated carbocycles. The van der Waals surface area contributed by atoms with Crippen molar-refractivity contribution in [1.82, 2.24) is 4.90 Å². The number of para-hydroxylation sites is 1. The van der Waals surface area contributed by atoms with Gasteiger partial charge in [0.15, 0.2) is 6.10 Å². The topological polar surface area (TPSA) is 64.8 Å². The average molecular weight is 292 g/mol. The molecule has 0 bridgehead atoms. The van der Waals surface area contributed by atoms with Gasteiger partial charge in [-0.25, -0.2) is 0 Å². The van der Waals surface area contributed by atoms with Gasteiger partial charge in [-0.05, 0) is 31.9 Å². The zero-order chi connectivity index (χ0) is 15.2. The quantitative estimate of drug-likeness (QED) is 0.886. The summed E-state index contributed by atoms with van der Waals surface area (Å²) < 4.78 is 11.1. The van der Waals surface area contributed by atoms with Gasteiger partial charge in [0.25, 0.3) is 5.91 Å². The van der Waals surface area contributed by atoms with Crippen LogP contribution in [-0.2, 0) is 16.0 Å². The molecule has 1 aliphatic rings. The molecule has 1 aromatic carbocycles. The van der Waals surface area contributed by atoms with Crippen molar-refractivity contribution in [2.45, 2.75) is 32.4 Å². The minimum atomic E-state index is -0.502. The van der Waals surface area contributed by atoms with Crippen molar-refractivity contribution >= 4 is 5.91 Å². The molecule has 1 aromatic rings. The molecule has 2 atom stereocenters. The molecule has 5 heteroatoms. The first-order chi connectivity index (χ1) is 10.1. The highest BCUT2D eigenvalue weighted by Crippen LogP contribution is 2.21. The molecule has 1 fully saturated rings. The van der Waals surface area contributed by atoms with Gasteiger partial charge in [0.2, 0.25) is 0 Å². The van der Waals surface area contributed by atoms with Crippen LogP contribution in [0.2, 0.25) is 0 Å². The summed E-state index contributed by atoms with van der Waals surface area (Å²) in [6.07, 6.45) is 0.228. The molecule has 2 rings (SSSR count). The highest BCUT2D eigenvalue weighted by molar-refractivity contribution is 5.81. The van der Waals surface area contributed by atoms with E-state index in [9.17, 15) is 4.79 Å². The SMILES string of the molecule is CC(N)Cc1ccccc1OC(C)C(=O)N1CCOCC1. The summed E-state index contributed by atoms with van der Waals surface area (Å²) in [5.41, 5.74) is 6.89. The van der Waals surface area contributed by atoms with Gasteiger partial charge in [0, 0.05) is 19.1 Å². The van der Waals surface area contributed by atoms with Crippen LogP contribution in [0.25, 0.3) is 0 Å². The summed E-state index contributed by atoms with van der Waals surface area (Å²) in [6, 6.07) is 7.80. The number of ether oxygens (including phenoxy) is 2. The fraction of sp³-hybridized carbons (Fsp3) is 0.562. The van der Waals surface area contributed by atoms with Crippen LogP contribution in [0.15, 0.2) is 24.3 Å². The predicted molar refractivity (Wildman–Crippen MR) is 81.3 cm³/mol. The van der Waals surface area contributed by atoms with E-state index in [1.54, 1.807) is 11.8 Å². The summed E-state index contributed by atoms with van der Waals surface area (Å²) in [5.74, 6) is 0.748. The third-order valence-electron chi connectivity index (χ3n) is 3.49. The molecular formula is C16H24N2O3. The first-order valence-corrected chi connectivity index (χ1v) is 7.44. The first-order valence-electron chi connectivity index (χ1n) is 7.44. The lowest BCUT2D eigenvalue weighted by Gasteiger charge is -2.29. The number of morpholine rings is 1. The maximum absolute atomic E-state index is 12.4. The van der Waals surface area contributed by atoms with Crippen LogP contribution in [0.5, 0.6) is 5.75 Å². The second kappa shape index (κ2) is 7.43. The maximum atomic E-state index is 12.4. The van der Waals surface area contributed by atoms with E-state index in [0.29, 0.717) is 26.3 Å². The van der Waals surface area contributed by atoms with Crippen LogP contribution in [-0.4, -0.2) is 49.3 Å². The van der Waals surface area contributed by atoms with Crippen molar-refractivity contribution in [2.75, 3.05) is 26.3 Å². The Bertz CT molecular complexity index is 470. The van der Waals surface area contributed by atoms with Gasteiger partial charge < -0.3 is 20.1 Å². The molecule has 5 nitrogen and oxygen atoms in total. The van der Waals surface area contributed by atoms with Crippen molar-refractivity contribution in [3.05, 3.63) is 29.8 Å². The zero-order valence-corrected chi connectivity index (χ0v) is 12.7. The lowest BCUT2D eigenvalue weighted by molar-refractivity contribution is -0.142. The van der Waals surface area contributed by atoms with Crippen LogP contribution >= 0.6 is 0 Å². The monoisotopic (exact) mass is 292 g/mol. The van der Waals surface area contributed by atoms with Crippen molar-refractivity contribution in [1.29, 1.82) is 0 Å². The number of benzene rings is 1. The second-order valence-corrected chi connectivity index (χ2v) is 5.49. The van der Waals surface area contributed by atoms with Crippen LogP contribution in [0.4, 0.5) is 0 Å². The molecule has 1 aliphatic heterocycles. The number of nitrogens with zero attached hydrogens (tertiary/aromatic N) is 1. The van der Waals surface area contributed by atoms with Crippen molar-refractivity contribution in [3.8, 4) is 5.75 Å². The highest BCUT2D eigenvalue weighted by atomic mass is 16.5. The van der Waals surface area contributed by atoms with Crippen LogP contribution < -0.4 is 10.5 Å². The molecular weight excluding hydrogens is 268 g/mol. The van der Waals surface area contributed by atoms with E-state index in [4.69, 9.17) is 15.2 Å². The Morgan fingerprint density at radius 3 is 2.67 bits per heavy atom. The minimum Gasteiger partial charge on any atom is -0.481 e. The molecule has 1 saturated heterocycles. The second-order valence-electron chi connectivity index (χ2n) is 5.49. The first kappa shape index (κ1) is 15.8. The Hall–Kier alpha value is -1.59. The lowest BCUT2D eigenvalue weighted by atomic mass is 10.1. The van der Waals surface area contributed by atoms with Gasteiger partial charge in [0.05, 0.1) is 13.2 Å². The minimum absolute atomic E-state index is 0.00824. The number of hydrogen-bond acceptors (Lipinski definition) is 4. The van der Waals surface area contributed by atoms with Gasteiger partial charge in [0.1, 0.15) is 5.75 Å². The van der Waals surface area contributed by atoms with E-state index in [0.717, 1.165) is 17.7 Å². The molecule has 0 radical (unpaired) electrons. The molecule has 116 valence electrons. The fourth-order valence-electron chi connectivity index (χ4n) is 2.42. The number of hydrogen-bond donors (Lipinski definition) is 1. The number of amides is 1. The van der Waals surface area contributed by atoms with E-state index in [2.05, 4.69) is 0 Å². The Kier molecular flexibility index (Phi) is 5.59. The molecule has 21 heavy (non-hydrogen) atoms. The molecule has 0 spiro atoms. The Morgan fingerprint density at radius 2 is 2.00 bits per heavy atom. The fourth-order valence-corrected chi connectivity index (χ4v) is 2.42. The van der Waals surface area contributed by atoms with Crippen LogP contribution in [0, 0.1) is 0 Å². The summed E-state index contributed by atoms with van der Waals surface area (Å²) in [5, 5.41) is 0. The standard InChI is InChI=1S/C16H24N2O3/c1-12(17)11-14-5-3-4-6-15(14)21-13(2)16(19)18-7-9-20-10-8-18/h3-6,12-13H,7-11,17H2,1-2H3. The lowest BCUT2D eigenvalue weighted by Crippen LogP contribution is -2.46. The van der Waals surface area contributed by atoms with E-state index in [1.165, 1.54) is 0 Å². The molecule has 1 amide bonds. The Labute approximate surface area is 126 Å². The zero-order valence-electron chi connectivity index (χ0n) is 12.7. The predicted octanol–water partition coefficient (Wildman–Crippen LogP) is 1.20. The van der Waals surface area contributed by atoms with Crippen molar-refractivity contribution in [3.63, 3.8) is 0 Å². The Morgan fingerprint density at radius 1 is 1.33 bits per heavy atom. The van der Waals surface area contributed by atoms with Gasteiger partial charge in [-0.2, -0.15) is 0 Å². The van der Waals surface area contributed by atoms with E-state index in [1.807, 2.05) is 31.2 Å². The van der Waals surface area contributed by atoms with Gasteiger partial charge in [-0.1, -0.05) is 18.2 Å². The summed E-state index contributed by atoms with van der Waals surface area (Å²) >= 11 is 0. The van der Waals surface area contributed by atoms with E-state index in [-0.39, 0.29) is 11.9 Å². The van der Waals surface area contributed by atoms with Crippen molar-refractivity contribution in [2.24, 2.45) is 5.73 Å². The van der Waals surface area contributed by atoms with E-state index < -0.39 is 6.10 Å². The Balaban J connectivity index is 2.01. The third-order valence-corrected chi connectivity index (χ3v) is 3.49. The summed E-state index contributed by atoms with van der Waals surface area (Å²) in [4.78, 5) is 14.2. The smallest absolute Gasteiger partial charge is 0.263 e. The largest absolute Gasteiger partial charge is 0.481 e. The van der Waals surface area contributed by atoms with Crippen LogP contribution in [0.3, 0.4) is 0 Å². The number of nitrogens with two attached hydrogens (primary N) is 1. The third kappa shape index (κ3) is 4.44. The van der Waals surface area contributed by atoms with Gasteiger partial charge in [-0.15, -0.1) is 0 Å². The van der Waals surface area contributed by atoms with E-state index >= 15 is 0 Å². The average Bonchev–Trinajstić information content (AvgIpc) is 2.49. The molecule has 0 aromatic heterocycles. The summed E-state index contributed by atoms with van der Waals surface area (Å²) in [6.45, 7) is 6.21. The summed E-state index contributed by atoms with van der Waals surface area (Å²) in [7, 11) is 0. The normalized spacial score (nSPS) is 18.1. The number of carbonyl (C=O) groups excluding carboxylic acids is 1. The molecule has 0 aliphatic carbocycles. The number of rotatable bonds is 5. The number of carbonyl (C=O) groups is 1. The van der Waals surface area contributed by atoms with Crippen LogP contribution in [0.1, 0.15) is 19.4 Å². The maximum Gasteiger partial charge on any atom is 0.263 e. The van der Waals surface area contributed by atoms with Gasteiger partial charge >= 0.3 is 0 Å². The van der Waals surface area contributed by atoms with Crippen molar-refractivity contribution < 1.29 is 14.3 Å². The molecule has 1 heterocycles.